The van der Waals surface area contributed by atoms with Crippen LogP contribution in [0.5, 0.6) is 0 Å². The maximum Gasteiger partial charge on any atom is 0.237 e. The van der Waals surface area contributed by atoms with Crippen molar-refractivity contribution in [2.45, 2.75) is 51.7 Å². The molecular weight excluding hydrogens is 192 g/mol. The van der Waals surface area contributed by atoms with E-state index in [1.54, 1.807) is 0 Å². The molecule has 1 atom stereocenters. The molecule has 4 nitrogen and oxygen atoms in total. The number of hydrogen-bond acceptors (Lipinski definition) is 3. The lowest BCUT2D eigenvalue weighted by molar-refractivity contribution is -0.125. The van der Waals surface area contributed by atoms with Crippen LogP contribution in [0.2, 0.25) is 0 Å². The van der Waals surface area contributed by atoms with Gasteiger partial charge >= 0.3 is 0 Å². The summed E-state index contributed by atoms with van der Waals surface area (Å²) < 4.78 is 5.04. The van der Waals surface area contributed by atoms with E-state index in [1.807, 2.05) is 20.8 Å². The molecule has 88 valence electrons. The minimum Gasteiger partial charge on any atom is -0.378 e. The second kappa shape index (κ2) is 4.94. The van der Waals surface area contributed by atoms with Crippen molar-refractivity contribution in [3.05, 3.63) is 0 Å². The summed E-state index contributed by atoms with van der Waals surface area (Å²) in [6, 6.07) is 0.195. The van der Waals surface area contributed by atoms with Crippen molar-refractivity contribution >= 4 is 5.91 Å². The predicted octanol–water partition coefficient (Wildman–Crippen LogP) is 0.668. The van der Waals surface area contributed by atoms with Crippen molar-refractivity contribution in [3.8, 4) is 0 Å². The Labute approximate surface area is 91.8 Å². The third-order valence-electron chi connectivity index (χ3n) is 2.86. The zero-order chi connectivity index (χ0) is 11.5. The van der Waals surface area contributed by atoms with Gasteiger partial charge in [0.05, 0.1) is 25.3 Å². The fourth-order valence-corrected chi connectivity index (χ4v) is 1.29. The van der Waals surface area contributed by atoms with Gasteiger partial charge in [-0.05, 0) is 27.2 Å². The van der Waals surface area contributed by atoms with Crippen molar-refractivity contribution in [1.82, 2.24) is 10.6 Å². The number of hydrogen-bond donors (Lipinski definition) is 2. The highest BCUT2D eigenvalue weighted by Crippen LogP contribution is 2.07. The SMILES string of the molecule is CCC(C)(C)NC(=O)C(C)NC1COC1. The van der Waals surface area contributed by atoms with Crippen LogP contribution < -0.4 is 10.6 Å². The highest BCUT2D eigenvalue weighted by atomic mass is 16.5. The van der Waals surface area contributed by atoms with Gasteiger partial charge in [-0.15, -0.1) is 0 Å². The molecule has 0 saturated carbocycles. The van der Waals surface area contributed by atoms with Gasteiger partial charge in [0.15, 0.2) is 0 Å². The van der Waals surface area contributed by atoms with Crippen molar-refractivity contribution in [2.75, 3.05) is 13.2 Å². The van der Waals surface area contributed by atoms with E-state index in [4.69, 9.17) is 4.74 Å². The largest absolute Gasteiger partial charge is 0.378 e. The van der Waals surface area contributed by atoms with E-state index in [0.717, 1.165) is 19.6 Å². The molecule has 0 bridgehead atoms. The van der Waals surface area contributed by atoms with Gasteiger partial charge in [0, 0.05) is 5.54 Å². The van der Waals surface area contributed by atoms with Gasteiger partial charge in [0.1, 0.15) is 0 Å². The topological polar surface area (TPSA) is 50.4 Å². The van der Waals surface area contributed by atoms with Crippen LogP contribution in [0.3, 0.4) is 0 Å². The van der Waals surface area contributed by atoms with Crippen LogP contribution in [-0.4, -0.2) is 36.7 Å². The van der Waals surface area contributed by atoms with E-state index in [9.17, 15) is 4.79 Å². The average Bonchev–Trinajstić information content (AvgIpc) is 2.10. The first kappa shape index (κ1) is 12.5. The Morgan fingerprint density at radius 2 is 2.13 bits per heavy atom. The number of amides is 1. The molecule has 0 aromatic heterocycles. The molecule has 0 spiro atoms. The molecule has 1 fully saturated rings. The quantitative estimate of drug-likeness (QED) is 0.707. The molecule has 1 rings (SSSR count). The summed E-state index contributed by atoms with van der Waals surface area (Å²) in [5, 5.41) is 6.24. The summed E-state index contributed by atoms with van der Waals surface area (Å²) in [7, 11) is 0. The van der Waals surface area contributed by atoms with E-state index in [0.29, 0.717) is 6.04 Å². The van der Waals surface area contributed by atoms with E-state index < -0.39 is 0 Å². The first-order valence-electron chi connectivity index (χ1n) is 5.60. The molecule has 1 saturated heterocycles. The standard InChI is InChI=1S/C11H22N2O2/c1-5-11(3,4)13-10(14)8(2)12-9-6-15-7-9/h8-9,12H,5-7H2,1-4H3,(H,13,14). The van der Waals surface area contributed by atoms with Crippen LogP contribution in [0.4, 0.5) is 0 Å². The minimum atomic E-state index is -0.148. The third kappa shape index (κ3) is 3.80. The summed E-state index contributed by atoms with van der Waals surface area (Å²) in [6.07, 6.45) is 0.929. The second-order valence-corrected chi connectivity index (χ2v) is 4.85. The molecule has 1 unspecified atom stereocenters. The van der Waals surface area contributed by atoms with Gasteiger partial charge < -0.3 is 10.1 Å². The summed E-state index contributed by atoms with van der Waals surface area (Å²) in [6.45, 7) is 9.45. The number of ether oxygens (including phenoxy) is 1. The maximum atomic E-state index is 11.8. The van der Waals surface area contributed by atoms with Crippen molar-refractivity contribution in [1.29, 1.82) is 0 Å². The molecule has 4 heteroatoms. The lowest BCUT2D eigenvalue weighted by Gasteiger charge is -2.32. The highest BCUT2D eigenvalue weighted by molar-refractivity contribution is 5.82. The normalized spacial score (nSPS) is 19.5. The molecule has 1 aliphatic heterocycles. The first-order chi connectivity index (χ1) is 6.94. The minimum absolute atomic E-state index is 0.0637. The molecule has 0 aromatic carbocycles. The molecule has 0 aromatic rings. The lowest BCUT2D eigenvalue weighted by atomic mass is 10.0. The zero-order valence-electron chi connectivity index (χ0n) is 10.1. The van der Waals surface area contributed by atoms with Crippen molar-refractivity contribution in [2.24, 2.45) is 0 Å². The molecule has 1 amide bonds. The van der Waals surface area contributed by atoms with Crippen molar-refractivity contribution in [3.63, 3.8) is 0 Å². The Morgan fingerprint density at radius 3 is 2.53 bits per heavy atom. The number of nitrogens with one attached hydrogen (secondary N) is 2. The third-order valence-corrected chi connectivity index (χ3v) is 2.86. The van der Waals surface area contributed by atoms with Gasteiger partial charge in [-0.1, -0.05) is 6.92 Å². The van der Waals surface area contributed by atoms with Crippen LogP contribution in [0.1, 0.15) is 34.1 Å². The Kier molecular flexibility index (Phi) is 4.11. The highest BCUT2D eigenvalue weighted by Gasteiger charge is 2.26. The summed E-state index contributed by atoms with van der Waals surface area (Å²) in [4.78, 5) is 11.8. The lowest BCUT2D eigenvalue weighted by Crippen LogP contribution is -2.56. The fourth-order valence-electron chi connectivity index (χ4n) is 1.29. The zero-order valence-corrected chi connectivity index (χ0v) is 10.1. The number of carbonyl (C=O) groups is 1. The van der Waals surface area contributed by atoms with Crippen molar-refractivity contribution < 1.29 is 9.53 Å². The van der Waals surface area contributed by atoms with Gasteiger partial charge in [0.25, 0.3) is 0 Å². The Bertz CT molecular complexity index is 225. The van der Waals surface area contributed by atoms with Crippen LogP contribution in [0.25, 0.3) is 0 Å². The summed E-state index contributed by atoms with van der Waals surface area (Å²) >= 11 is 0. The van der Waals surface area contributed by atoms with Gasteiger partial charge in [-0.25, -0.2) is 0 Å². The van der Waals surface area contributed by atoms with Crippen LogP contribution in [-0.2, 0) is 9.53 Å². The first-order valence-corrected chi connectivity index (χ1v) is 5.60. The molecular formula is C11H22N2O2. The molecule has 0 aliphatic carbocycles. The van der Waals surface area contributed by atoms with Crippen LogP contribution in [0.15, 0.2) is 0 Å². The number of rotatable bonds is 5. The van der Waals surface area contributed by atoms with Gasteiger partial charge in [-0.3, -0.25) is 10.1 Å². The monoisotopic (exact) mass is 214 g/mol. The van der Waals surface area contributed by atoms with E-state index in [1.165, 1.54) is 0 Å². The van der Waals surface area contributed by atoms with Crippen LogP contribution in [0, 0.1) is 0 Å². The summed E-state index contributed by atoms with van der Waals surface area (Å²) in [5.74, 6) is 0.0637. The van der Waals surface area contributed by atoms with E-state index in [-0.39, 0.29) is 17.5 Å². The maximum absolute atomic E-state index is 11.8. The molecule has 1 heterocycles. The molecule has 1 aliphatic rings. The smallest absolute Gasteiger partial charge is 0.237 e. The number of carbonyl (C=O) groups excluding carboxylic acids is 1. The second-order valence-electron chi connectivity index (χ2n) is 4.85. The molecule has 0 radical (unpaired) electrons. The fraction of sp³-hybridized carbons (Fsp3) is 0.909. The molecule has 15 heavy (non-hydrogen) atoms. The Balaban J connectivity index is 2.31. The van der Waals surface area contributed by atoms with Gasteiger partial charge in [0.2, 0.25) is 5.91 Å². The molecule has 2 N–H and O–H groups in total. The average molecular weight is 214 g/mol. The van der Waals surface area contributed by atoms with Crippen LogP contribution >= 0.6 is 0 Å². The Hall–Kier alpha value is -0.610. The van der Waals surface area contributed by atoms with E-state index >= 15 is 0 Å². The predicted molar refractivity (Wildman–Crippen MR) is 59.7 cm³/mol. The summed E-state index contributed by atoms with van der Waals surface area (Å²) in [5.41, 5.74) is -0.122. The van der Waals surface area contributed by atoms with E-state index in [2.05, 4.69) is 17.6 Å². The van der Waals surface area contributed by atoms with Gasteiger partial charge in [-0.2, -0.15) is 0 Å². The Morgan fingerprint density at radius 1 is 1.53 bits per heavy atom.